The maximum absolute atomic E-state index is 12.6. The van der Waals surface area contributed by atoms with Crippen LogP contribution in [0.25, 0.3) is 12.1 Å². The maximum Gasteiger partial charge on any atom is 0.163 e. The van der Waals surface area contributed by atoms with Gasteiger partial charge in [0.05, 0.1) is 40.3 Å². The van der Waals surface area contributed by atoms with Gasteiger partial charge in [-0.2, -0.15) is 0 Å². The Morgan fingerprint density at radius 2 is 1.14 bits per heavy atom. The van der Waals surface area contributed by atoms with Gasteiger partial charge in [0.2, 0.25) is 0 Å². The molecule has 2 aromatic rings. The summed E-state index contributed by atoms with van der Waals surface area (Å²) in [4.78, 5) is 25.2. The first-order valence-electron chi connectivity index (χ1n) is 11.0. The fourth-order valence-electron chi connectivity index (χ4n) is 2.29. The number of methoxy groups -OCH3 is 4. The third kappa shape index (κ3) is 6.24. The zero-order valence-corrected chi connectivity index (χ0v) is 16.5. The van der Waals surface area contributed by atoms with Gasteiger partial charge in [-0.1, -0.05) is 24.2 Å². The van der Waals surface area contributed by atoms with Crippen LogP contribution >= 0.6 is 0 Å². The highest BCUT2D eigenvalue weighted by molar-refractivity contribution is 6.10. The summed E-state index contributed by atoms with van der Waals surface area (Å²) in [6.07, 6.45) is -2.18. The third-order valence-electron chi connectivity index (χ3n) is 3.69. The van der Waals surface area contributed by atoms with Crippen molar-refractivity contribution >= 4 is 23.7 Å². The zero-order valence-electron chi connectivity index (χ0n) is 21.5. The van der Waals surface area contributed by atoms with Gasteiger partial charge < -0.3 is 18.9 Å². The summed E-state index contributed by atoms with van der Waals surface area (Å²) in [5.41, 5.74) is 0.285. The molecule has 6 heteroatoms. The molecule has 0 amide bonds. The molecule has 0 saturated carbocycles. The van der Waals surface area contributed by atoms with Crippen molar-refractivity contribution < 1.29 is 35.4 Å². The third-order valence-corrected chi connectivity index (χ3v) is 3.69. The Kier molecular flexibility index (Phi) is 5.68. The highest BCUT2D eigenvalue weighted by Gasteiger charge is 2.07. The number of benzene rings is 2. The SMILES string of the molecule is [2H]/C(C(=O)C([2H])C(=O)/C([2H])=C(\[2H])c1ccc(OC)c(OC)c1)=C(/[2H])c1ccc(OC)c(OC)c1. The molecule has 0 saturated heterocycles. The quantitative estimate of drug-likeness (QED) is 0.443. The summed E-state index contributed by atoms with van der Waals surface area (Å²) >= 11 is 0. The van der Waals surface area contributed by atoms with Gasteiger partial charge in [0.1, 0.15) is 0 Å². The second-order valence-corrected chi connectivity index (χ2v) is 5.51. The van der Waals surface area contributed by atoms with Gasteiger partial charge in [-0.05, 0) is 47.5 Å². The second kappa shape index (κ2) is 10.7. The van der Waals surface area contributed by atoms with E-state index >= 15 is 0 Å². The van der Waals surface area contributed by atoms with E-state index in [4.69, 9.17) is 25.8 Å². The van der Waals surface area contributed by atoms with Gasteiger partial charge in [0, 0.05) is 1.37 Å². The topological polar surface area (TPSA) is 71.1 Å². The van der Waals surface area contributed by atoms with Gasteiger partial charge in [-0.25, -0.2) is 0 Å². The van der Waals surface area contributed by atoms with Crippen LogP contribution < -0.4 is 18.9 Å². The molecule has 0 heterocycles. The monoisotopic (exact) mass is 401 g/mol. The van der Waals surface area contributed by atoms with Crippen LogP contribution in [0.1, 0.15) is 24.4 Å². The van der Waals surface area contributed by atoms with Crippen LogP contribution in [0.5, 0.6) is 23.0 Å². The van der Waals surface area contributed by atoms with Crippen LogP contribution in [0.15, 0.2) is 48.5 Å². The summed E-state index contributed by atoms with van der Waals surface area (Å²) in [5.74, 6) is -1.23. The molecule has 29 heavy (non-hydrogen) atoms. The minimum absolute atomic E-state index is 0.142. The van der Waals surface area contributed by atoms with Gasteiger partial charge in [-0.15, -0.1) is 0 Å². The van der Waals surface area contributed by atoms with E-state index in [2.05, 4.69) is 0 Å². The van der Waals surface area contributed by atoms with Crippen molar-refractivity contribution in [3.8, 4) is 23.0 Å². The predicted molar refractivity (Wildman–Crippen MR) is 112 cm³/mol. The number of carbonyl (C=O) groups excluding carboxylic acids is 2. The second-order valence-electron chi connectivity index (χ2n) is 5.51. The highest BCUT2D eigenvalue weighted by Crippen LogP contribution is 2.28. The van der Waals surface area contributed by atoms with E-state index in [0.717, 1.165) is 0 Å². The largest absolute Gasteiger partial charge is 0.493 e. The van der Waals surface area contributed by atoms with Crippen LogP contribution in [-0.4, -0.2) is 40.0 Å². The van der Waals surface area contributed by atoms with Gasteiger partial charge in [0.25, 0.3) is 0 Å². The molecule has 0 atom stereocenters. The van der Waals surface area contributed by atoms with Crippen molar-refractivity contribution in [3.05, 3.63) is 59.6 Å². The Bertz CT molecular complexity index is 1070. The molecular formula is C23H24O6. The van der Waals surface area contributed by atoms with Crippen molar-refractivity contribution in [1.29, 1.82) is 0 Å². The Hall–Kier alpha value is -3.54. The number of rotatable bonds is 10. The molecule has 2 aromatic carbocycles. The lowest BCUT2D eigenvalue weighted by molar-refractivity contribution is -0.121. The molecule has 0 spiro atoms. The van der Waals surface area contributed by atoms with Crippen LogP contribution in [0.3, 0.4) is 0 Å². The molecule has 2 rings (SSSR count). The lowest BCUT2D eigenvalue weighted by Crippen LogP contribution is -2.02. The summed E-state index contributed by atoms with van der Waals surface area (Å²) in [7, 11) is 5.64. The molecule has 0 fully saturated rings. The molecule has 0 radical (unpaired) electrons. The molecule has 0 aliphatic rings. The van der Waals surface area contributed by atoms with Gasteiger partial charge in [-0.3, -0.25) is 9.59 Å². The summed E-state index contributed by atoms with van der Waals surface area (Å²) in [6.45, 7) is 0. The van der Waals surface area contributed by atoms with Crippen LogP contribution in [0.4, 0.5) is 0 Å². The van der Waals surface area contributed by atoms with Crippen LogP contribution in [0.2, 0.25) is 0 Å². The lowest BCUT2D eigenvalue weighted by Gasteiger charge is -2.07. The summed E-state index contributed by atoms with van der Waals surface area (Å²) in [5, 5.41) is 0. The number of hydrogen-bond acceptors (Lipinski definition) is 6. The maximum atomic E-state index is 12.6. The van der Waals surface area contributed by atoms with E-state index in [9.17, 15) is 9.59 Å². The van der Waals surface area contributed by atoms with Crippen molar-refractivity contribution in [2.45, 2.75) is 6.40 Å². The van der Waals surface area contributed by atoms with Crippen molar-refractivity contribution in [1.82, 2.24) is 0 Å². The Labute approximate surface area is 177 Å². The summed E-state index contributed by atoms with van der Waals surface area (Å²) < 4.78 is 60.8. The average molecular weight is 401 g/mol. The zero-order chi connectivity index (χ0) is 25.6. The first-order valence-corrected chi connectivity index (χ1v) is 8.41. The highest BCUT2D eigenvalue weighted by atomic mass is 16.5. The normalized spacial score (nSPS) is 15.8. The number of allylic oxidation sites excluding steroid dienone is 2. The van der Waals surface area contributed by atoms with Crippen LogP contribution in [-0.2, 0) is 9.59 Å². The van der Waals surface area contributed by atoms with Gasteiger partial charge >= 0.3 is 0 Å². The van der Waals surface area contributed by atoms with E-state index in [1.54, 1.807) is 0 Å². The Balaban J connectivity index is 2.36. The molecule has 0 N–H and O–H groups in total. The number of ketones is 2. The van der Waals surface area contributed by atoms with E-state index in [0.29, 0.717) is 11.5 Å². The standard InChI is InChI=1S/C23H24O6/c1-26-20-11-7-16(13-22(20)28-3)5-9-18(24)15-19(25)10-6-17-8-12-21(27-2)23(14-17)29-4/h5-14H,15H2,1-4H3/b9-5+,10-6+/i5D,6D,9D,10D,15D. The molecule has 0 aromatic heterocycles. The lowest BCUT2D eigenvalue weighted by atomic mass is 10.1. The predicted octanol–water partition coefficient (Wildman–Crippen LogP) is 3.98. The Morgan fingerprint density at radius 1 is 0.759 bits per heavy atom. The van der Waals surface area contributed by atoms with Crippen LogP contribution in [0, 0.1) is 0 Å². The fourth-order valence-corrected chi connectivity index (χ4v) is 2.29. The average Bonchev–Trinajstić information content (AvgIpc) is 2.88. The van der Waals surface area contributed by atoms with Crippen molar-refractivity contribution in [2.24, 2.45) is 0 Å². The Morgan fingerprint density at radius 3 is 1.48 bits per heavy atom. The smallest absolute Gasteiger partial charge is 0.163 e. The molecule has 0 aliphatic carbocycles. The molecule has 6 nitrogen and oxygen atoms in total. The molecule has 0 bridgehead atoms. The van der Waals surface area contributed by atoms with E-state index in [1.165, 1.54) is 64.8 Å². The number of carbonyl (C=O) groups is 2. The fraction of sp³-hybridized carbons (Fsp3) is 0.217. The molecule has 152 valence electrons. The minimum Gasteiger partial charge on any atom is -0.493 e. The molecule has 0 unspecified atom stereocenters. The molecule has 0 aliphatic heterocycles. The van der Waals surface area contributed by atoms with Crippen molar-refractivity contribution in [2.75, 3.05) is 28.4 Å². The van der Waals surface area contributed by atoms with E-state index in [1.807, 2.05) is 0 Å². The first kappa shape index (κ1) is 15.4. The molecular weight excluding hydrogens is 372 g/mol. The first-order chi connectivity index (χ1) is 16.1. The minimum atomic E-state index is -2.18. The number of hydrogen-bond donors (Lipinski definition) is 0. The van der Waals surface area contributed by atoms with Crippen molar-refractivity contribution in [3.63, 3.8) is 0 Å². The van der Waals surface area contributed by atoms with Gasteiger partial charge in [0.15, 0.2) is 34.6 Å². The summed E-state index contributed by atoms with van der Waals surface area (Å²) in [6, 6.07) is 5.79. The number of ether oxygens (including phenoxy) is 4. The van der Waals surface area contributed by atoms with E-state index < -0.39 is 42.2 Å². The van der Waals surface area contributed by atoms with E-state index in [-0.39, 0.29) is 22.6 Å².